The van der Waals surface area contributed by atoms with Crippen LogP contribution in [0.2, 0.25) is 0 Å². The molecule has 2 aliphatic heterocycles. The summed E-state index contributed by atoms with van der Waals surface area (Å²) in [5, 5.41) is 0. The Balaban J connectivity index is 1.12. The SMILES string of the molecule is O=C(C1CCCCC1)N1CCCN(c2nc(CN3CCN(CCc4ccccc4)CC3)cc(=O)[nH]2)CC1. The number of hydrogen-bond acceptors (Lipinski definition) is 6. The van der Waals surface area contributed by atoms with Crippen molar-refractivity contribution in [3.63, 3.8) is 0 Å². The van der Waals surface area contributed by atoms with Crippen LogP contribution >= 0.6 is 0 Å². The fourth-order valence-corrected chi connectivity index (χ4v) is 6.01. The number of H-pyrrole nitrogens is 1. The van der Waals surface area contributed by atoms with Gasteiger partial charge in [-0.2, -0.15) is 0 Å². The molecule has 2 aromatic rings. The molecule has 37 heavy (non-hydrogen) atoms. The average Bonchev–Trinajstić information content (AvgIpc) is 3.20. The van der Waals surface area contributed by atoms with E-state index < -0.39 is 0 Å². The van der Waals surface area contributed by atoms with Gasteiger partial charge in [0.1, 0.15) is 0 Å². The second-order valence-electron chi connectivity index (χ2n) is 10.9. The Morgan fingerprint density at radius 2 is 1.62 bits per heavy atom. The van der Waals surface area contributed by atoms with Crippen LogP contribution in [-0.2, 0) is 17.8 Å². The predicted molar refractivity (Wildman–Crippen MR) is 147 cm³/mol. The Kier molecular flexibility index (Phi) is 8.89. The van der Waals surface area contributed by atoms with Crippen LogP contribution in [0, 0.1) is 5.92 Å². The van der Waals surface area contributed by atoms with E-state index in [4.69, 9.17) is 4.98 Å². The Morgan fingerprint density at radius 3 is 2.41 bits per heavy atom. The average molecular weight is 507 g/mol. The van der Waals surface area contributed by atoms with Gasteiger partial charge in [0.05, 0.1) is 5.69 Å². The Labute approximate surface area is 220 Å². The molecule has 0 bridgehead atoms. The smallest absolute Gasteiger partial charge is 0.252 e. The van der Waals surface area contributed by atoms with Gasteiger partial charge in [-0.1, -0.05) is 49.6 Å². The number of amides is 1. The van der Waals surface area contributed by atoms with E-state index in [0.29, 0.717) is 31.5 Å². The number of benzene rings is 1. The molecule has 0 radical (unpaired) electrons. The van der Waals surface area contributed by atoms with Gasteiger partial charge in [-0.3, -0.25) is 19.5 Å². The van der Waals surface area contributed by atoms with Gasteiger partial charge >= 0.3 is 0 Å². The molecule has 0 atom stereocenters. The maximum atomic E-state index is 13.0. The first-order chi connectivity index (χ1) is 18.1. The summed E-state index contributed by atoms with van der Waals surface area (Å²) in [4.78, 5) is 42.5. The van der Waals surface area contributed by atoms with E-state index in [1.54, 1.807) is 6.07 Å². The predicted octanol–water partition coefficient (Wildman–Crippen LogP) is 2.75. The summed E-state index contributed by atoms with van der Waals surface area (Å²) in [6.07, 6.45) is 7.68. The first kappa shape index (κ1) is 25.9. The number of nitrogens with zero attached hydrogens (tertiary/aromatic N) is 5. The molecule has 1 saturated carbocycles. The fourth-order valence-electron chi connectivity index (χ4n) is 6.01. The molecule has 3 heterocycles. The van der Waals surface area contributed by atoms with E-state index in [-0.39, 0.29) is 11.5 Å². The number of nitrogens with one attached hydrogen (secondary N) is 1. The molecule has 3 aliphatic rings. The second-order valence-corrected chi connectivity index (χ2v) is 10.9. The van der Waals surface area contributed by atoms with Crippen LogP contribution < -0.4 is 10.5 Å². The number of aromatic nitrogens is 2. The van der Waals surface area contributed by atoms with Gasteiger partial charge in [-0.05, 0) is 31.2 Å². The Morgan fingerprint density at radius 1 is 0.865 bits per heavy atom. The van der Waals surface area contributed by atoms with Crippen molar-refractivity contribution in [1.82, 2.24) is 24.7 Å². The molecule has 0 unspecified atom stereocenters. The van der Waals surface area contributed by atoms with Crippen LogP contribution in [-0.4, -0.2) is 89.5 Å². The van der Waals surface area contributed by atoms with Gasteiger partial charge < -0.3 is 14.7 Å². The summed E-state index contributed by atoms with van der Waals surface area (Å²) in [5.74, 6) is 1.19. The standard InChI is InChI=1S/C29H42N6O2/c36-27-22-26(23-33-18-16-32(17-19-33)15-12-24-8-3-1-4-9-24)30-29(31-27)35-14-7-13-34(20-21-35)28(37)25-10-5-2-6-11-25/h1,3-4,8-9,22,25H,2,5-7,10-21,23H2,(H,30,31,36). The highest BCUT2D eigenvalue weighted by atomic mass is 16.2. The van der Waals surface area contributed by atoms with E-state index in [2.05, 4.69) is 54.9 Å². The first-order valence-corrected chi connectivity index (χ1v) is 14.3. The quantitative estimate of drug-likeness (QED) is 0.623. The molecule has 1 N–H and O–H groups in total. The summed E-state index contributed by atoms with van der Waals surface area (Å²) in [5.41, 5.74) is 2.12. The van der Waals surface area contributed by atoms with Gasteiger partial charge in [-0.15, -0.1) is 0 Å². The molecule has 1 aromatic carbocycles. The highest BCUT2D eigenvalue weighted by molar-refractivity contribution is 5.79. The summed E-state index contributed by atoms with van der Waals surface area (Å²) in [6, 6.07) is 12.3. The third-order valence-corrected chi connectivity index (χ3v) is 8.25. The largest absolute Gasteiger partial charge is 0.341 e. The number of rotatable bonds is 7. The topological polar surface area (TPSA) is 75.8 Å². The number of carbonyl (C=O) groups excluding carboxylic acids is 1. The summed E-state index contributed by atoms with van der Waals surface area (Å²) in [6.45, 7) is 8.86. The lowest BCUT2D eigenvalue weighted by molar-refractivity contribution is -0.136. The molecule has 1 aromatic heterocycles. The van der Waals surface area contributed by atoms with Crippen LogP contribution in [0.3, 0.4) is 0 Å². The maximum Gasteiger partial charge on any atom is 0.252 e. The third kappa shape index (κ3) is 7.20. The lowest BCUT2D eigenvalue weighted by Crippen LogP contribution is -2.46. The van der Waals surface area contributed by atoms with E-state index in [1.165, 1.54) is 24.8 Å². The molecule has 8 nitrogen and oxygen atoms in total. The van der Waals surface area contributed by atoms with Crippen LogP contribution in [0.4, 0.5) is 5.95 Å². The van der Waals surface area contributed by atoms with Crippen molar-refractivity contribution in [1.29, 1.82) is 0 Å². The summed E-state index contributed by atoms with van der Waals surface area (Å²) in [7, 11) is 0. The van der Waals surface area contributed by atoms with Gasteiger partial charge in [-0.25, -0.2) is 4.98 Å². The van der Waals surface area contributed by atoms with Gasteiger partial charge in [0.25, 0.3) is 5.56 Å². The van der Waals surface area contributed by atoms with Crippen LogP contribution in [0.25, 0.3) is 0 Å². The third-order valence-electron chi connectivity index (χ3n) is 8.25. The van der Waals surface area contributed by atoms with Crippen LogP contribution in [0.1, 0.15) is 49.8 Å². The van der Waals surface area contributed by atoms with Crippen molar-refractivity contribution in [3.8, 4) is 0 Å². The zero-order valence-corrected chi connectivity index (χ0v) is 22.1. The van der Waals surface area contributed by atoms with E-state index in [1.807, 2.05) is 0 Å². The minimum absolute atomic E-state index is 0.0964. The summed E-state index contributed by atoms with van der Waals surface area (Å²) >= 11 is 0. The number of aromatic amines is 1. The minimum Gasteiger partial charge on any atom is -0.341 e. The van der Waals surface area contributed by atoms with Crippen molar-refractivity contribution in [3.05, 3.63) is 58.0 Å². The summed E-state index contributed by atoms with van der Waals surface area (Å²) < 4.78 is 0. The van der Waals surface area contributed by atoms with Crippen molar-refractivity contribution in [2.75, 3.05) is 63.8 Å². The van der Waals surface area contributed by atoms with Crippen LogP contribution in [0.5, 0.6) is 0 Å². The monoisotopic (exact) mass is 506 g/mol. The second kappa shape index (κ2) is 12.7. The molecule has 200 valence electrons. The zero-order chi connectivity index (χ0) is 25.5. The van der Waals surface area contributed by atoms with Crippen molar-refractivity contribution >= 4 is 11.9 Å². The Bertz CT molecular complexity index is 1060. The highest BCUT2D eigenvalue weighted by Gasteiger charge is 2.28. The molecule has 3 fully saturated rings. The van der Waals surface area contributed by atoms with Gasteiger partial charge in [0.15, 0.2) is 0 Å². The molecule has 0 spiro atoms. The fraction of sp³-hybridized carbons (Fsp3) is 0.621. The van der Waals surface area contributed by atoms with Crippen molar-refractivity contribution < 1.29 is 4.79 Å². The van der Waals surface area contributed by atoms with E-state index in [9.17, 15) is 9.59 Å². The lowest BCUT2D eigenvalue weighted by Gasteiger charge is -2.34. The zero-order valence-electron chi connectivity index (χ0n) is 22.1. The Hall–Kier alpha value is -2.71. The molecule has 2 saturated heterocycles. The van der Waals surface area contributed by atoms with Crippen molar-refractivity contribution in [2.24, 2.45) is 5.92 Å². The number of carbonyl (C=O) groups is 1. The molecular formula is C29H42N6O2. The van der Waals surface area contributed by atoms with Gasteiger partial charge in [0.2, 0.25) is 11.9 Å². The molecule has 1 amide bonds. The van der Waals surface area contributed by atoms with Gasteiger partial charge in [0, 0.05) is 77.4 Å². The molecule has 5 rings (SSSR count). The van der Waals surface area contributed by atoms with E-state index in [0.717, 1.165) is 77.2 Å². The lowest BCUT2D eigenvalue weighted by atomic mass is 9.88. The van der Waals surface area contributed by atoms with Crippen LogP contribution in [0.15, 0.2) is 41.2 Å². The number of piperazine rings is 1. The molecule has 8 heteroatoms. The number of anilines is 1. The maximum absolute atomic E-state index is 13.0. The highest BCUT2D eigenvalue weighted by Crippen LogP contribution is 2.26. The molecule has 1 aliphatic carbocycles. The first-order valence-electron chi connectivity index (χ1n) is 14.3. The van der Waals surface area contributed by atoms with E-state index >= 15 is 0 Å². The normalized spacial score (nSPS) is 20.6. The van der Waals surface area contributed by atoms with Crippen molar-refractivity contribution in [2.45, 2.75) is 51.5 Å². The minimum atomic E-state index is -0.0964. The molecular weight excluding hydrogens is 464 g/mol. The number of hydrogen-bond donors (Lipinski definition) is 1.